The molecule has 2 N–H and O–H groups in total. The van der Waals surface area contributed by atoms with E-state index in [0.29, 0.717) is 37.2 Å². The van der Waals surface area contributed by atoms with E-state index in [2.05, 4.69) is 10.2 Å². The fourth-order valence-electron chi connectivity index (χ4n) is 1.79. The van der Waals surface area contributed by atoms with Crippen molar-refractivity contribution in [3.05, 3.63) is 24.3 Å². The average molecular weight is 294 g/mol. The molecule has 0 bridgehead atoms. The Kier molecular flexibility index (Phi) is 5.07. The summed E-state index contributed by atoms with van der Waals surface area (Å²) in [6, 6.07) is 3.00. The monoisotopic (exact) mass is 294 g/mol. The molecule has 0 aliphatic heterocycles. The van der Waals surface area contributed by atoms with Crippen molar-refractivity contribution in [2.75, 3.05) is 20.3 Å². The van der Waals surface area contributed by atoms with Gasteiger partial charge in [0.25, 0.3) is 5.89 Å². The van der Waals surface area contributed by atoms with Gasteiger partial charge in [0.2, 0.25) is 11.8 Å². The van der Waals surface area contributed by atoms with Crippen LogP contribution in [0.5, 0.6) is 0 Å². The van der Waals surface area contributed by atoms with Crippen LogP contribution < -0.4 is 5.73 Å². The molecule has 0 aliphatic rings. The SMILES string of the molecule is COCCN(Cc1nnc(-c2ccco2)o1)C(C)C(N)=O. The maximum Gasteiger partial charge on any atom is 0.283 e. The van der Waals surface area contributed by atoms with E-state index in [1.807, 2.05) is 4.90 Å². The zero-order valence-corrected chi connectivity index (χ0v) is 12.0. The first-order chi connectivity index (χ1) is 10.1. The number of hydrogen-bond donors (Lipinski definition) is 1. The molecule has 0 spiro atoms. The van der Waals surface area contributed by atoms with Crippen molar-refractivity contribution in [1.82, 2.24) is 15.1 Å². The highest BCUT2D eigenvalue weighted by atomic mass is 16.5. The molecule has 0 saturated heterocycles. The van der Waals surface area contributed by atoms with Gasteiger partial charge in [-0.05, 0) is 19.1 Å². The summed E-state index contributed by atoms with van der Waals surface area (Å²) in [6.07, 6.45) is 1.53. The van der Waals surface area contributed by atoms with Crippen LogP contribution in [-0.2, 0) is 16.1 Å². The van der Waals surface area contributed by atoms with Crippen molar-refractivity contribution >= 4 is 5.91 Å². The van der Waals surface area contributed by atoms with Crippen molar-refractivity contribution in [1.29, 1.82) is 0 Å². The molecule has 1 amide bonds. The standard InChI is InChI=1S/C13H18N4O4/c1-9(12(14)18)17(5-7-19-2)8-11-15-16-13(21-11)10-4-3-6-20-10/h3-4,6,9H,5,7-8H2,1-2H3,(H2,14,18). The molecule has 0 aliphatic carbocycles. The highest BCUT2D eigenvalue weighted by molar-refractivity contribution is 5.79. The number of nitrogens with zero attached hydrogens (tertiary/aromatic N) is 3. The minimum atomic E-state index is -0.459. The molecule has 0 aromatic carbocycles. The van der Waals surface area contributed by atoms with Gasteiger partial charge in [0.1, 0.15) is 0 Å². The Bertz CT molecular complexity index is 566. The van der Waals surface area contributed by atoms with Crippen LogP contribution in [0.3, 0.4) is 0 Å². The van der Waals surface area contributed by atoms with E-state index in [4.69, 9.17) is 19.3 Å². The summed E-state index contributed by atoms with van der Waals surface area (Å²) < 4.78 is 15.7. The topological polar surface area (TPSA) is 108 Å². The van der Waals surface area contributed by atoms with Crippen LogP contribution in [0.2, 0.25) is 0 Å². The molecule has 2 aromatic heterocycles. The fourth-order valence-corrected chi connectivity index (χ4v) is 1.79. The quantitative estimate of drug-likeness (QED) is 0.761. The van der Waals surface area contributed by atoms with E-state index in [0.717, 1.165) is 0 Å². The Labute approximate surface area is 121 Å². The van der Waals surface area contributed by atoms with Gasteiger partial charge >= 0.3 is 0 Å². The second kappa shape index (κ2) is 7.00. The predicted octanol–water partition coefficient (Wildman–Crippen LogP) is 0.652. The van der Waals surface area contributed by atoms with Gasteiger partial charge in [-0.1, -0.05) is 0 Å². The largest absolute Gasteiger partial charge is 0.459 e. The predicted molar refractivity (Wildman–Crippen MR) is 72.9 cm³/mol. The number of nitrogens with two attached hydrogens (primary N) is 1. The lowest BCUT2D eigenvalue weighted by Crippen LogP contribution is -2.43. The Morgan fingerprint density at radius 3 is 2.95 bits per heavy atom. The number of primary amides is 1. The Hall–Kier alpha value is -2.19. The lowest BCUT2D eigenvalue weighted by Gasteiger charge is -2.24. The summed E-state index contributed by atoms with van der Waals surface area (Å²) >= 11 is 0. The highest BCUT2D eigenvalue weighted by Crippen LogP contribution is 2.18. The van der Waals surface area contributed by atoms with Crippen molar-refractivity contribution in [3.63, 3.8) is 0 Å². The maximum atomic E-state index is 11.3. The fraction of sp³-hybridized carbons (Fsp3) is 0.462. The van der Waals surface area contributed by atoms with Crippen molar-refractivity contribution < 1.29 is 18.4 Å². The second-order valence-corrected chi connectivity index (χ2v) is 4.52. The van der Waals surface area contributed by atoms with Crippen LogP contribution in [0.1, 0.15) is 12.8 Å². The van der Waals surface area contributed by atoms with E-state index in [1.54, 1.807) is 26.2 Å². The summed E-state index contributed by atoms with van der Waals surface area (Å²) in [5.74, 6) is 0.760. The normalized spacial score (nSPS) is 12.7. The number of amides is 1. The smallest absolute Gasteiger partial charge is 0.283 e. The maximum absolute atomic E-state index is 11.3. The lowest BCUT2D eigenvalue weighted by molar-refractivity contribution is -0.123. The highest BCUT2D eigenvalue weighted by Gasteiger charge is 2.21. The van der Waals surface area contributed by atoms with Crippen LogP contribution in [0, 0.1) is 0 Å². The molecule has 0 saturated carbocycles. The van der Waals surface area contributed by atoms with E-state index < -0.39 is 11.9 Å². The molecule has 114 valence electrons. The number of rotatable bonds is 8. The molecule has 21 heavy (non-hydrogen) atoms. The Balaban J connectivity index is 2.07. The van der Waals surface area contributed by atoms with Gasteiger partial charge in [-0.25, -0.2) is 0 Å². The third-order valence-electron chi connectivity index (χ3n) is 3.08. The van der Waals surface area contributed by atoms with Crippen molar-refractivity contribution in [2.24, 2.45) is 5.73 Å². The number of furan rings is 1. The van der Waals surface area contributed by atoms with Gasteiger partial charge in [0, 0.05) is 13.7 Å². The first kappa shape index (κ1) is 15.2. The molecule has 2 heterocycles. The lowest BCUT2D eigenvalue weighted by atomic mass is 10.2. The minimum Gasteiger partial charge on any atom is -0.459 e. The van der Waals surface area contributed by atoms with E-state index in [1.165, 1.54) is 6.26 Å². The molecule has 1 atom stereocenters. The van der Waals surface area contributed by atoms with Gasteiger partial charge in [-0.3, -0.25) is 9.69 Å². The van der Waals surface area contributed by atoms with Gasteiger partial charge in [0.15, 0.2) is 5.76 Å². The molecule has 8 nitrogen and oxygen atoms in total. The third kappa shape index (κ3) is 3.89. The van der Waals surface area contributed by atoms with Crippen LogP contribution in [0.4, 0.5) is 0 Å². The molecule has 2 rings (SSSR count). The van der Waals surface area contributed by atoms with Gasteiger partial charge in [0.05, 0.1) is 25.5 Å². The van der Waals surface area contributed by atoms with Crippen molar-refractivity contribution in [2.45, 2.75) is 19.5 Å². The summed E-state index contributed by atoms with van der Waals surface area (Å²) in [5, 5.41) is 7.86. The van der Waals surface area contributed by atoms with Crippen molar-refractivity contribution in [3.8, 4) is 11.7 Å². The molecular weight excluding hydrogens is 276 g/mol. The summed E-state index contributed by atoms with van der Waals surface area (Å²) in [4.78, 5) is 13.2. The number of carbonyl (C=O) groups is 1. The van der Waals surface area contributed by atoms with Crippen LogP contribution in [0.25, 0.3) is 11.7 Å². The molecular formula is C13H18N4O4. The Morgan fingerprint density at radius 2 is 2.33 bits per heavy atom. The molecule has 0 fully saturated rings. The van der Waals surface area contributed by atoms with E-state index in [-0.39, 0.29) is 0 Å². The molecule has 0 radical (unpaired) electrons. The first-order valence-corrected chi connectivity index (χ1v) is 6.50. The zero-order chi connectivity index (χ0) is 15.2. The van der Waals surface area contributed by atoms with Gasteiger partial charge < -0.3 is 19.3 Å². The van der Waals surface area contributed by atoms with Crippen LogP contribution in [0.15, 0.2) is 27.2 Å². The second-order valence-electron chi connectivity index (χ2n) is 4.52. The number of carbonyl (C=O) groups excluding carboxylic acids is 1. The third-order valence-corrected chi connectivity index (χ3v) is 3.08. The number of hydrogen-bond acceptors (Lipinski definition) is 7. The van der Waals surface area contributed by atoms with Crippen LogP contribution in [-0.4, -0.2) is 47.3 Å². The molecule has 1 unspecified atom stereocenters. The molecule has 2 aromatic rings. The summed E-state index contributed by atoms with van der Waals surface area (Å²) in [6.45, 7) is 3.03. The van der Waals surface area contributed by atoms with E-state index >= 15 is 0 Å². The summed E-state index contributed by atoms with van der Waals surface area (Å²) in [5.41, 5.74) is 5.34. The van der Waals surface area contributed by atoms with E-state index in [9.17, 15) is 4.79 Å². The van der Waals surface area contributed by atoms with Gasteiger partial charge in [-0.15, -0.1) is 10.2 Å². The summed E-state index contributed by atoms with van der Waals surface area (Å²) in [7, 11) is 1.59. The zero-order valence-electron chi connectivity index (χ0n) is 12.0. The van der Waals surface area contributed by atoms with Crippen LogP contribution >= 0.6 is 0 Å². The number of aromatic nitrogens is 2. The molecule has 8 heteroatoms. The Morgan fingerprint density at radius 1 is 1.52 bits per heavy atom. The average Bonchev–Trinajstić information content (AvgIpc) is 3.13. The minimum absolute atomic E-state index is 0.299. The van der Waals surface area contributed by atoms with Gasteiger partial charge in [-0.2, -0.15) is 0 Å². The number of ether oxygens (including phenoxy) is 1. The first-order valence-electron chi connectivity index (χ1n) is 6.50. The number of methoxy groups -OCH3 is 1.